The number of hydrogen-bond acceptors (Lipinski definition) is 4. The van der Waals surface area contributed by atoms with E-state index in [9.17, 15) is 9.59 Å². The van der Waals surface area contributed by atoms with Crippen molar-refractivity contribution in [2.45, 2.75) is 39.5 Å². The molecule has 1 heterocycles. The van der Waals surface area contributed by atoms with Crippen LogP contribution in [0.3, 0.4) is 0 Å². The molecule has 1 aliphatic carbocycles. The van der Waals surface area contributed by atoms with Gasteiger partial charge in [-0.2, -0.15) is 0 Å². The number of rotatable bonds is 2. The summed E-state index contributed by atoms with van der Waals surface area (Å²) in [5.74, 6) is -0.717. The van der Waals surface area contributed by atoms with Gasteiger partial charge in [0.2, 0.25) is 0 Å². The van der Waals surface area contributed by atoms with E-state index in [4.69, 9.17) is 4.74 Å². The van der Waals surface area contributed by atoms with E-state index in [0.717, 1.165) is 34.3 Å². The number of allylic oxidation sites excluding steroid dienone is 3. The molecule has 1 aliphatic heterocycles. The molecule has 0 aromatic heterocycles. The Labute approximate surface area is 156 Å². The molecule has 1 aromatic rings. The number of nitrogens with one attached hydrogen (secondary N) is 1. The average Bonchev–Trinajstić information content (AvgIpc) is 2.57. The molecule has 1 atom stereocenters. The molecule has 0 bridgehead atoms. The molecule has 1 aromatic carbocycles. The molecule has 2 aliphatic rings. The first-order valence-electron chi connectivity index (χ1n) is 8.35. The van der Waals surface area contributed by atoms with Crippen LogP contribution in [0.25, 0.3) is 0 Å². The maximum Gasteiger partial charge on any atom is 0.336 e. The zero-order valence-corrected chi connectivity index (χ0v) is 16.5. The number of Topliss-reactive ketones (excluding diaryl/α,β-unsaturated/α-hetero) is 1. The number of ether oxygens (including phenoxy) is 1. The molecule has 132 valence electrons. The first kappa shape index (κ1) is 17.9. The molecule has 25 heavy (non-hydrogen) atoms. The van der Waals surface area contributed by atoms with Gasteiger partial charge in [-0.3, -0.25) is 4.79 Å². The molecule has 1 unspecified atom stereocenters. The Morgan fingerprint density at radius 3 is 2.72 bits per heavy atom. The highest BCUT2D eigenvalue weighted by atomic mass is 79.9. The number of benzene rings is 1. The summed E-state index contributed by atoms with van der Waals surface area (Å²) in [6, 6.07) is 7.77. The topological polar surface area (TPSA) is 55.4 Å². The van der Waals surface area contributed by atoms with Gasteiger partial charge >= 0.3 is 5.97 Å². The fourth-order valence-electron chi connectivity index (χ4n) is 3.68. The van der Waals surface area contributed by atoms with Crippen molar-refractivity contribution in [1.29, 1.82) is 0 Å². The van der Waals surface area contributed by atoms with Crippen molar-refractivity contribution >= 4 is 27.7 Å². The van der Waals surface area contributed by atoms with Gasteiger partial charge in [-0.1, -0.05) is 41.9 Å². The van der Waals surface area contributed by atoms with Gasteiger partial charge in [-0.15, -0.1) is 0 Å². The SMILES string of the molecule is COC(=O)C1=C(C)NC2=C(C(=O)C(C)(C)CC2)C1c1cccc(Br)c1. The lowest BCUT2D eigenvalue weighted by molar-refractivity contribution is -0.136. The van der Waals surface area contributed by atoms with Crippen LogP contribution in [0.1, 0.15) is 45.1 Å². The zero-order chi connectivity index (χ0) is 18.4. The van der Waals surface area contributed by atoms with Gasteiger partial charge in [-0.05, 0) is 37.5 Å². The van der Waals surface area contributed by atoms with Crippen LogP contribution >= 0.6 is 15.9 Å². The van der Waals surface area contributed by atoms with E-state index in [1.54, 1.807) is 0 Å². The van der Waals surface area contributed by atoms with E-state index in [2.05, 4.69) is 21.2 Å². The van der Waals surface area contributed by atoms with Gasteiger partial charge < -0.3 is 10.1 Å². The van der Waals surface area contributed by atoms with Crippen molar-refractivity contribution in [1.82, 2.24) is 5.32 Å². The van der Waals surface area contributed by atoms with Gasteiger partial charge in [0.05, 0.1) is 12.7 Å². The maximum atomic E-state index is 13.2. The summed E-state index contributed by atoms with van der Waals surface area (Å²) in [4.78, 5) is 25.8. The van der Waals surface area contributed by atoms with Crippen LogP contribution in [-0.4, -0.2) is 18.9 Å². The number of hydrogen-bond donors (Lipinski definition) is 1. The molecule has 0 spiro atoms. The third-order valence-corrected chi connectivity index (χ3v) is 5.58. The molecule has 0 amide bonds. The quantitative estimate of drug-likeness (QED) is 0.750. The Kier molecular flexibility index (Phi) is 4.62. The number of methoxy groups -OCH3 is 1. The summed E-state index contributed by atoms with van der Waals surface area (Å²) < 4.78 is 5.94. The van der Waals surface area contributed by atoms with Gasteiger partial charge in [0.15, 0.2) is 5.78 Å². The van der Waals surface area contributed by atoms with Gasteiger partial charge in [0, 0.05) is 32.8 Å². The van der Waals surface area contributed by atoms with Crippen molar-refractivity contribution in [2.24, 2.45) is 5.41 Å². The Hall–Kier alpha value is -1.88. The molecule has 3 rings (SSSR count). The fourth-order valence-corrected chi connectivity index (χ4v) is 4.09. The van der Waals surface area contributed by atoms with E-state index >= 15 is 0 Å². The lowest BCUT2D eigenvalue weighted by atomic mass is 9.67. The third-order valence-electron chi connectivity index (χ3n) is 5.09. The number of dihydropyridines is 1. The second-order valence-electron chi connectivity index (χ2n) is 7.25. The van der Waals surface area contributed by atoms with E-state index in [0.29, 0.717) is 11.1 Å². The third kappa shape index (κ3) is 3.06. The summed E-state index contributed by atoms with van der Waals surface area (Å²) in [5.41, 5.74) is 3.36. The molecular formula is C20H22BrNO3. The summed E-state index contributed by atoms with van der Waals surface area (Å²) in [6.07, 6.45) is 1.59. The predicted molar refractivity (Wildman–Crippen MR) is 99.8 cm³/mol. The van der Waals surface area contributed by atoms with Crippen LogP contribution in [0, 0.1) is 5.41 Å². The van der Waals surface area contributed by atoms with Crippen molar-refractivity contribution in [3.05, 3.63) is 56.8 Å². The minimum atomic E-state index is -0.433. The minimum absolute atomic E-state index is 0.0973. The van der Waals surface area contributed by atoms with Crippen LogP contribution in [-0.2, 0) is 14.3 Å². The van der Waals surface area contributed by atoms with Gasteiger partial charge in [0.25, 0.3) is 0 Å². The van der Waals surface area contributed by atoms with Crippen molar-refractivity contribution in [3.8, 4) is 0 Å². The normalized spacial score (nSPS) is 22.4. The number of ketones is 1. The summed E-state index contributed by atoms with van der Waals surface area (Å²) in [7, 11) is 1.37. The Morgan fingerprint density at radius 1 is 1.36 bits per heavy atom. The van der Waals surface area contributed by atoms with E-state index in [1.165, 1.54) is 7.11 Å². The minimum Gasteiger partial charge on any atom is -0.466 e. The number of halogens is 1. The second-order valence-corrected chi connectivity index (χ2v) is 8.16. The molecule has 0 fully saturated rings. The van der Waals surface area contributed by atoms with E-state index in [-0.39, 0.29) is 5.78 Å². The monoisotopic (exact) mass is 403 g/mol. The second kappa shape index (κ2) is 6.45. The van der Waals surface area contributed by atoms with E-state index in [1.807, 2.05) is 45.0 Å². The molecule has 0 radical (unpaired) electrons. The average molecular weight is 404 g/mol. The zero-order valence-electron chi connectivity index (χ0n) is 14.9. The smallest absolute Gasteiger partial charge is 0.336 e. The van der Waals surface area contributed by atoms with Crippen LogP contribution in [0.4, 0.5) is 0 Å². The highest BCUT2D eigenvalue weighted by Crippen LogP contribution is 2.47. The fraction of sp³-hybridized carbons (Fsp3) is 0.400. The first-order valence-corrected chi connectivity index (χ1v) is 9.15. The largest absolute Gasteiger partial charge is 0.466 e. The summed E-state index contributed by atoms with van der Waals surface area (Å²) in [5, 5.41) is 3.29. The van der Waals surface area contributed by atoms with Crippen molar-refractivity contribution in [2.75, 3.05) is 7.11 Å². The lowest BCUT2D eigenvalue weighted by Gasteiger charge is -2.39. The van der Waals surface area contributed by atoms with Gasteiger partial charge in [-0.25, -0.2) is 4.79 Å². The Bertz CT molecular complexity index is 820. The standard InChI is InChI=1S/C20H22BrNO3/c1-11-15(19(24)25-4)16(12-6-5-7-13(21)10-12)17-14(22-11)8-9-20(2,3)18(17)23/h5-7,10,16,22H,8-9H2,1-4H3. The van der Waals surface area contributed by atoms with Crippen LogP contribution in [0.5, 0.6) is 0 Å². The molecular weight excluding hydrogens is 382 g/mol. The van der Waals surface area contributed by atoms with Crippen LogP contribution in [0.2, 0.25) is 0 Å². The van der Waals surface area contributed by atoms with Crippen molar-refractivity contribution < 1.29 is 14.3 Å². The molecule has 0 saturated heterocycles. The summed E-state index contributed by atoms with van der Waals surface area (Å²) >= 11 is 3.49. The Morgan fingerprint density at radius 2 is 2.08 bits per heavy atom. The highest BCUT2D eigenvalue weighted by Gasteiger charge is 2.44. The molecule has 5 heteroatoms. The Balaban J connectivity index is 2.23. The molecule has 1 N–H and O–H groups in total. The van der Waals surface area contributed by atoms with Crippen LogP contribution in [0.15, 0.2) is 51.3 Å². The first-order chi connectivity index (χ1) is 11.8. The van der Waals surface area contributed by atoms with E-state index < -0.39 is 17.3 Å². The van der Waals surface area contributed by atoms with Gasteiger partial charge in [0.1, 0.15) is 0 Å². The lowest BCUT2D eigenvalue weighted by Crippen LogP contribution is -2.40. The number of esters is 1. The summed E-state index contributed by atoms with van der Waals surface area (Å²) in [6.45, 7) is 5.81. The molecule has 4 nitrogen and oxygen atoms in total. The molecule has 0 saturated carbocycles. The maximum absolute atomic E-state index is 13.2. The number of carbonyl (C=O) groups excluding carboxylic acids is 2. The van der Waals surface area contributed by atoms with Crippen LogP contribution < -0.4 is 5.32 Å². The predicted octanol–water partition coefficient (Wildman–Crippen LogP) is 4.23. The highest BCUT2D eigenvalue weighted by molar-refractivity contribution is 9.10. The van der Waals surface area contributed by atoms with Crippen molar-refractivity contribution in [3.63, 3.8) is 0 Å². The number of carbonyl (C=O) groups is 2.